The molecule has 108 valence electrons. The van der Waals surface area contributed by atoms with Gasteiger partial charge in [0.15, 0.2) is 0 Å². The van der Waals surface area contributed by atoms with Crippen LogP contribution in [0.5, 0.6) is 0 Å². The molecule has 2 rings (SSSR count). The van der Waals surface area contributed by atoms with Crippen molar-refractivity contribution >= 4 is 0 Å². The number of aromatic nitrogens is 2. The van der Waals surface area contributed by atoms with Gasteiger partial charge < -0.3 is 5.32 Å². The zero-order chi connectivity index (χ0) is 14.7. The predicted molar refractivity (Wildman–Crippen MR) is 84.0 cm³/mol. The lowest BCUT2D eigenvalue weighted by atomic mass is 10.1. The summed E-state index contributed by atoms with van der Waals surface area (Å²) < 4.78 is 2.09. The number of nitrogens with one attached hydrogen (secondary N) is 1. The van der Waals surface area contributed by atoms with Crippen LogP contribution in [-0.2, 0) is 13.1 Å². The minimum atomic E-state index is 0.521. The van der Waals surface area contributed by atoms with E-state index in [1.54, 1.807) is 0 Å². The molecule has 20 heavy (non-hydrogen) atoms. The van der Waals surface area contributed by atoms with Gasteiger partial charge in [0.2, 0.25) is 0 Å². The molecule has 2 aromatic rings. The number of benzene rings is 1. The third-order valence-electron chi connectivity index (χ3n) is 3.81. The third kappa shape index (κ3) is 3.48. The van der Waals surface area contributed by atoms with Gasteiger partial charge in [-0.3, -0.25) is 4.68 Å². The molecule has 3 heteroatoms. The van der Waals surface area contributed by atoms with Crippen LogP contribution in [0, 0.1) is 20.8 Å². The molecule has 0 atom stereocenters. The van der Waals surface area contributed by atoms with Gasteiger partial charge in [0, 0.05) is 18.3 Å². The normalized spacial score (nSPS) is 11.3. The minimum absolute atomic E-state index is 0.521. The van der Waals surface area contributed by atoms with Crippen molar-refractivity contribution in [2.24, 2.45) is 0 Å². The molecule has 1 N–H and O–H groups in total. The van der Waals surface area contributed by atoms with Crippen LogP contribution >= 0.6 is 0 Å². The van der Waals surface area contributed by atoms with E-state index in [9.17, 15) is 0 Å². The van der Waals surface area contributed by atoms with Crippen molar-refractivity contribution < 1.29 is 0 Å². The fraction of sp³-hybridized carbons (Fsp3) is 0.471. The first kappa shape index (κ1) is 14.8. The molecule has 0 radical (unpaired) electrons. The fourth-order valence-electron chi connectivity index (χ4n) is 2.20. The van der Waals surface area contributed by atoms with E-state index in [1.165, 1.54) is 22.4 Å². The van der Waals surface area contributed by atoms with E-state index in [0.717, 1.165) is 18.8 Å². The van der Waals surface area contributed by atoms with Crippen LogP contribution in [0.2, 0.25) is 0 Å². The van der Waals surface area contributed by atoms with Gasteiger partial charge in [0.1, 0.15) is 0 Å². The molecule has 1 heterocycles. The van der Waals surface area contributed by atoms with Crippen LogP contribution in [0.25, 0.3) is 0 Å². The van der Waals surface area contributed by atoms with Crippen LogP contribution in [-0.4, -0.2) is 15.8 Å². The Balaban J connectivity index is 2.05. The molecule has 0 fully saturated rings. The highest BCUT2D eigenvalue weighted by Gasteiger charge is 2.07. The van der Waals surface area contributed by atoms with E-state index < -0.39 is 0 Å². The molecule has 3 nitrogen and oxygen atoms in total. The van der Waals surface area contributed by atoms with Gasteiger partial charge in [-0.05, 0) is 37.5 Å². The molecule has 0 aliphatic carbocycles. The number of nitrogens with zero attached hydrogens (tertiary/aromatic N) is 2. The van der Waals surface area contributed by atoms with Gasteiger partial charge in [-0.25, -0.2) is 0 Å². The summed E-state index contributed by atoms with van der Waals surface area (Å²) in [4.78, 5) is 0. The highest BCUT2D eigenvalue weighted by Crippen LogP contribution is 2.13. The van der Waals surface area contributed by atoms with Crippen LogP contribution in [0.15, 0.2) is 24.3 Å². The summed E-state index contributed by atoms with van der Waals surface area (Å²) in [7, 11) is 0. The van der Waals surface area contributed by atoms with Crippen molar-refractivity contribution in [3.8, 4) is 0 Å². The van der Waals surface area contributed by atoms with Gasteiger partial charge in [-0.1, -0.05) is 38.1 Å². The van der Waals surface area contributed by atoms with E-state index in [0.29, 0.717) is 6.04 Å². The Morgan fingerprint density at radius 3 is 2.15 bits per heavy atom. The molecular formula is C17H25N3. The van der Waals surface area contributed by atoms with Crippen LogP contribution in [0.3, 0.4) is 0 Å². The topological polar surface area (TPSA) is 29.9 Å². The van der Waals surface area contributed by atoms with Crippen molar-refractivity contribution in [3.05, 3.63) is 52.3 Å². The van der Waals surface area contributed by atoms with Gasteiger partial charge in [0.05, 0.1) is 12.2 Å². The first-order chi connectivity index (χ1) is 9.47. The van der Waals surface area contributed by atoms with Gasteiger partial charge in [-0.2, -0.15) is 5.10 Å². The maximum atomic E-state index is 4.59. The summed E-state index contributed by atoms with van der Waals surface area (Å²) in [5.41, 5.74) is 6.30. The first-order valence-corrected chi connectivity index (χ1v) is 7.29. The molecular weight excluding hydrogens is 246 g/mol. The monoisotopic (exact) mass is 271 g/mol. The highest BCUT2D eigenvalue weighted by atomic mass is 15.3. The molecule has 0 amide bonds. The number of hydrogen-bond donors (Lipinski definition) is 1. The Kier molecular flexibility index (Phi) is 4.61. The van der Waals surface area contributed by atoms with Crippen molar-refractivity contribution in [1.29, 1.82) is 0 Å². The molecule has 1 aromatic heterocycles. The van der Waals surface area contributed by atoms with Crippen LogP contribution < -0.4 is 5.32 Å². The average molecular weight is 271 g/mol. The lowest BCUT2D eigenvalue weighted by molar-refractivity contribution is 0.588. The maximum absolute atomic E-state index is 4.59. The van der Waals surface area contributed by atoms with Gasteiger partial charge in [0.25, 0.3) is 0 Å². The summed E-state index contributed by atoms with van der Waals surface area (Å²) in [5, 5.41) is 8.02. The second-order valence-electron chi connectivity index (χ2n) is 5.81. The molecule has 0 aliphatic heterocycles. The van der Waals surface area contributed by atoms with E-state index >= 15 is 0 Å². The smallest absolute Gasteiger partial charge is 0.0662 e. The summed E-state index contributed by atoms with van der Waals surface area (Å²) in [6.45, 7) is 12.4. The number of aryl methyl sites for hydroxylation is 1. The summed E-state index contributed by atoms with van der Waals surface area (Å²) in [6.07, 6.45) is 0. The van der Waals surface area contributed by atoms with Crippen molar-refractivity contribution in [2.45, 2.75) is 53.8 Å². The van der Waals surface area contributed by atoms with E-state index in [2.05, 4.69) is 74.0 Å². The predicted octanol–water partition coefficient (Wildman–Crippen LogP) is 3.35. The lowest BCUT2D eigenvalue weighted by Crippen LogP contribution is -2.21. The Morgan fingerprint density at radius 1 is 1.05 bits per heavy atom. The summed E-state index contributed by atoms with van der Waals surface area (Å²) in [5.74, 6) is 0. The minimum Gasteiger partial charge on any atom is -0.310 e. The van der Waals surface area contributed by atoms with Crippen LogP contribution in [0.1, 0.15) is 41.9 Å². The largest absolute Gasteiger partial charge is 0.310 e. The lowest BCUT2D eigenvalue weighted by Gasteiger charge is -2.09. The third-order valence-corrected chi connectivity index (χ3v) is 3.81. The zero-order valence-corrected chi connectivity index (χ0v) is 13.2. The van der Waals surface area contributed by atoms with Crippen molar-refractivity contribution in [2.75, 3.05) is 0 Å². The second-order valence-corrected chi connectivity index (χ2v) is 5.81. The number of rotatable bonds is 5. The molecule has 0 spiro atoms. The van der Waals surface area contributed by atoms with E-state index in [1.807, 2.05) is 0 Å². The SMILES string of the molecule is Cc1nn(Cc2ccc(CNC(C)C)cc2)c(C)c1C. The fourth-order valence-corrected chi connectivity index (χ4v) is 2.20. The number of hydrogen-bond acceptors (Lipinski definition) is 2. The first-order valence-electron chi connectivity index (χ1n) is 7.29. The van der Waals surface area contributed by atoms with Crippen molar-refractivity contribution in [1.82, 2.24) is 15.1 Å². The molecule has 0 aliphatic rings. The van der Waals surface area contributed by atoms with Crippen molar-refractivity contribution in [3.63, 3.8) is 0 Å². The maximum Gasteiger partial charge on any atom is 0.0662 e. The molecule has 0 unspecified atom stereocenters. The molecule has 1 aromatic carbocycles. The summed E-state index contributed by atoms with van der Waals surface area (Å²) in [6, 6.07) is 9.31. The second kappa shape index (κ2) is 6.23. The van der Waals surface area contributed by atoms with Crippen LogP contribution in [0.4, 0.5) is 0 Å². The molecule has 0 saturated heterocycles. The van der Waals surface area contributed by atoms with E-state index in [-0.39, 0.29) is 0 Å². The highest BCUT2D eigenvalue weighted by molar-refractivity contribution is 5.26. The van der Waals surface area contributed by atoms with Gasteiger partial charge >= 0.3 is 0 Å². The Labute approximate surface area is 122 Å². The average Bonchev–Trinajstić information content (AvgIpc) is 2.65. The Morgan fingerprint density at radius 2 is 1.65 bits per heavy atom. The quantitative estimate of drug-likeness (QED) is 0.903. The summed E-state index contributed by atoms with van der Waals surface area (Å²) >= 11 is 0. The Hall–Kier alpha value is -1.61. The van der Waals surface area contributed by atoms with E-state index in [4.69, 9.17) is 0 Å². The zero-order valence-electron chi connectivity index (χ0n) is 13.2. The molecule has 0 saturated carbocycles. The molecule has 0 bridgehead atoms. The van der Waals surface area contributed by atoms with Gasteiger partial charge in [-0.15, -0.1) is 0 Å². The Bertz CT molecular complexity index is 565. The standard InChI is InChI=1S/C17H25N3/c1-12(2)18-10-16-6-8-17(9-7-16)11-20-15(5)13(3)14(4)19-20/h6-9,12,18H,10-11H2,1-5H3.